The van der Waals surface area contributed by atoms with Gasteiger partial charge < -0.3 is 10.4 Å². The van der Waals surface area contributed by atoms with Crippen LogP contribution in [-0.2, 0) is 4.79 Å². The summed E-state index contributed by atoms with van der Waals surface area (Å²) in [4.78, 5) is 23.2. The largest absolute Gasteiger partial charge is 0.481 e. The lowest BCUT2D eigenvalue weighted by Gasteiger charge is -2.26. The number of aromatic amines is 1. The Bertz CT molecular complexity index is 734. The van der Waals surface area contributed by atoms with Crippen molar-refractivity contribution < 1.29 is 19.1 Å². The molecular weight excluding hydrogens is 313 g/mol. The molecule has 24 heavy (non-hydrogen) atoms. The monoisotopic (exact) mass is 331 g/mol. The highest BCUT2D eigenvalue weighted by molar-refractivity contribution is 5.93. The minimum Gasteiger partial charge on any atom is -0.481 e. The maximum absolute atomic E-state index is 12.9. The first-order chi connectivity index (χ1) is 11.5. The average Bonchev–Trinajstić information content (AvgIpc) is 3.06. The van der Waals surface area contributed by atoms with Crippen LogP contribution in [0.1, 0.15) is 36.2 Å². The molecule has 1 aliphatic rings. The molecule has 0 unspecified atom stereocenters. The Hall–Kier alpha value is -2.70. The topological polar surface area (TPSA) is 95.1 Å². The van der Waals surface area contributed by atoms with Crippen LogP contribution in [-0.4, -0.2) is 33.2 Å². The fraction of sp³-hybridized carbons (Fsp3) is 0.353. The average molecular weight is 331 g/mol. The number of carboxylic acids is 1. The van der Waals surface area contributed by atoms with Gasteiger partial charge in [-0.1, -0.05) is 0 Å². The maximum atomic E-state index is 12.9. The quantitative estimate of drug-likeness (QED) is 0.802. The van der Waals surface area contributed by atoms with Gasteiger partial charge in [0.25, 0.3) is 5.91 Å². The van der Waals surface area contributed by atoms with Crippen molar-refractivity contribution >= 4 is 11.9 Å². The fourth-order valence-corrected chi connectivity index (χ4v) is 2.95. The normalized spacial score (nSPS) is 20.5. The third kappa shape index (κ3) is 3.61. The van der Waals surface area contributed by atoms with Gasteiger partial charge in [0.2, 0.25) is 0 Å². The number of H-pyrrole nitrogens is 1. The van der Waals surface area contributed by atoms with Crippen LogP contribution < -0.4 is 5.32 Å². The highest BCUT2D eigenvalue weighted by Gasteiger charge is 2.27. The molecule has 0 spiro atoms. The van der Waals surface area contributed by atoms with E-state index in [0.717, 1.165) is 0 Å². The second-order valence-corrected chi connectivity index (χ2v) is 6.03. The second kappa shape index (κ2) is 6.82. The predicted octanol–water partition coefficient (Wildman–Crippen LogP) is 2.59. The zero-order chi connectivity index (χ0) is 17.1. The van der Waals surface area contributed by atoms with Crippen LogP contribution in [0.15, 0.2) is 30.3 Å². The first kappa shape index (κ1) is 16.2. The van der Waals surface area contributed by atoms with Gasteiger partial charge >= 0.3 is 5.97 Å². The molecule has 7 heteroatoms. The number of hydrogen-bond donors (Lipinski definition) is 3. The van der Waals surface area contributed by atoms with Crippen molar-refractivity contribution in [2.75, 3.05) is 0 Å². The molecule has 1 amide bonds. The summed E-state index contributed by atoms with van der Waals surface area (Å²) in [6, 6.07) is 7.47. The Morgan fingerprint density at radius 2 is 1.83 bits per heavy atom. The number of halogens is 1. The number of carbonyl (C=O) groups excluding carboxylic acids is 1. The lowest BCUT2D eigenvalue weighted by Crippen LogP contribution is -2.38. The zero-order valence-corrected chi connectivity index (χ0v) is 13.0. The standard InChI is InChI=1S/C17H18FN3O3/c18-12-5-1-10(2-6-12)14-9-15(21-20-14)16(22)19-13-7-3-11(4-8-13)17(23)24/h1-2,5-6,9,11,13H,3-4,7-8H2,(H,19,22)(H,20,21)(H,23,24). The number of aliphatic carboxylic acids is 1. The van der Waals surface area contributed by atoms with Gasteiger partial charge in [0.05, 0.1) is 11.6 Å². The van der Waals surface area contributed by atoms with E-state index in [2.05, 4.69) is 15.5 Å². The molecule has 1 saturated carbocycles. The van der Waals surface area contributed by atoms with Crippen molar-refractivity contribution in [2.45, 2.75) is 31.7 Å². The molecule has 6 nitrogen and oxygen atoms in total. The molecule has 1 heterocycles. The van der Waals surface area contributed by atoms with Crippen molar-refractivity contribution in [1.29, 1.82) is 0 Å². The molecule has 1 aromatic carbocycles. The van der Waals surface area contributed by atoms with Gasteiger partial charge in [-0.05, 0) is 56.0 Å². The molecule has 2 aromatic rings. The third-order valence-corrected chi connectivity index (χ3v) is 4.37. The Kier molecular flexibility index (Phi) is 4.59. The molecule has 1 fully saturated rings. The molecule has 0 aliphatic heterocycles. The van der Waals surface area contributed by atoms with Gasteiger partial charge in [0.1, 0.15) is 11.5 Å². The fourth-order valence-electron chi connectivity index (χ4n) is 2.95. The van der Waals surface area contributed by atoms with Gasteiger partial charge in [0, 0.05) is 11.6 Å². The smallest absolute Gasteiger partial charge is 0.306 e. The van der Waals surface area contributed by atoms with E-state index in [-0.39, 0.29) is 23.7 Å². The number of nitrogens with zero attached hydrogens (tertiary/aromatic N) is 1. The van der Waals surface area contributed by atoms with Crippen LogP contribution >= 0.6 is 0 Å². The lowest BCUT2D eigenvalue weighted by molar-refractivity contribution is -0.142. The lowest BCUT2D eigenvalue weighted by atomic mass is 9.86. The summed E-state index contributed by atoms with van der Waals surface area (Å²) in [6.07, 6.45) is 2.46. The van der Waals surface area contributed by atoms with Crippen molar-refractivity contribution in [3.05, 3.63) is 41.8 Å². The molecule has 1 aliphatic carbocycles. The second-order valence-electron chi connectivity index (χ2n) is 6.03. The molecule has 126 valence electrons. The minimum atomic E-state index is -0.766. The number of hydrogen-bond acceptors (Lipinski definition) is 3. The highest BCUT2D eigenvalue weighted by atomic mass is 19.1. The third-order valence-electron chi connectivity index (χ3n) is 4.37. The summed E-state index contributed by atoms with van der Waals surface area (Å²) < 4.78 is 12.9. The Balaban J connectivity index is 1.60. The van der Waals surface area contributed by atoms with E-state index < -0.39 is 5.97 Å². The number of nitrogens with one attached hydrogen (secondary N) is 2. The molecule has 0 saturated heterocycles. The molecule has 0 bridgehead atoms. The van der Waals surface area contributed by atoms with Crippen molar-refractivity contribution in [2.24, 2.45) is 5.92 Å². The Labute approximate surface area is 138 Å². The predicted molar refractivity (Wildman–Crippen MR) is 84.8 cm³/mol. The Morgan fingerprint density at radius 1 is 1.17 bits per heavy atom. The van der Waals surface area contributed by atoms with E-state index in [4.69, 9.17) is 5.11 Å². The van der Waals surface area contributed by atoms with Crippen LogP contribution in [0.25, 0.3) is 11.3 Å². The van der Waals surface area contributed by atoms with Crippen molar-refractivity contribution in [1.82, 2.24) is 15.5 Å². The number of benzene rings is 1. The minimum absolute atomic E-state index is 0.0225. The van der Waals surface area contributed by atoms with Crippen LogP contribution in [0, 0.1) is 11.7 Å². The highest BCUT2D eigenvalue weighted by Crippen LogP contribution is 2.25. The summed E-state index contributed by atoms with van der Waals surface area (Å²) >= 11 is 0. The molecular formula is C17H18FN3O3. The number of amides is 1. The molecule has 0 atom stereocenters. The van der Waals surface area contributed by atoms with E-state index >= 15 is 0 Å². The van der Waals surface area contributed by atoms with E-state index in [1.165, 1.54) is 12.1 Å². The maximum Gasteiger partial charge on any atom is 0.306 e. The van der Waals surface area contributed by atoms with Crippen LogP contribution in [0.4, 0.5) is 4.39 Å². The zero-order valence-electron chi connectivity index (χ0n) is 13.0. The van der Waals surface area contributed by atoms with Crippen molar-refractivity contribution in [3.8, 4) is 11.3 Å². The Morgan fingerprint density at radius 3 is 2.46 bits per heavy atom. The van der Waals surface area contributed by atoms with Gasteiger partial charge in [-0.25, -0.2) is 4.39 Å². The molecule has 3 rings (SSSR count). The van der Waals surface area contributed by atoms with E-state index in [0.29, 0.717) is 42.6 Å². The van der Waals surface area contributed by atoms with Gasteiger partial charge in [-0.15, -0.1) is 0 Å². The van der Waals surface area contributed by atoms with Gasteiger partial charge in [-0.2, -0.15) is 5.10 Å². The van der Waals surface area contributed by atoms with E-state index in [1.807, 2.05) is 0 Å². The molecule has 3 N–H and O–H groups in total. The van der Waals surface area contributed by atoms with Gasteiger partial charge in [-0.3, -0.25) is 14.7 Å². The first-order valence-electron chi connectivity index (χ1n) is 7.88. The molecule has 0 radical (unpaired) electrons. The van der Waals surface area contributed by atoms with Crippen LogP contribution in [0.5, 0.6) is 0 Å². The number of carboxylic acid groups (broad SMARTS) is 1. The van der Waals surface area contributed by atoms with Crippen molar-refractivity contribution in [3.63, 3.8) is 0 Å². The molecule has 1 aromatic heterocycles. The summed E-state index contributed by atoms with van der Waals surface area (Å²) in [7, 11) is 0. The SMILES string of the molecule is O=C(NC1CCC(C(=O)O)CC1)c1cc(-c2ccc(F)cc2)n[nH]1. The van der Waals surface area contributed by atoms with Gasteiger partial charge in [0.15, 0.2) is 0 Å². The summed E-state index contributed by atoms with van der Waals surface area (Å²) in [5, 5.41) is 18.7. The summed E-state index contributed by atoms with van der Waals surface area (Å²) in [6.45, 7) is 0. The summed E-state index contributed by atoms with van der Waals surface area (Å²) in [5.74, 6) is -1.67. The number of aromatic nitrogens is 2. The number of carbonyl (C=O) groups is 2. The van der Waals surface area contributed by atoms with E-state index in [9.17, 15) is 14.0 Å². The number of rotatable bonds is 4. The van der Waals surface area contributed by atoms with E-state index in [1.54, 1.807) is 18.2 Å². The van der Waals surface area contributed by atoms with Crippen LogP contribution in [0.3, 0.4) is 0 Å². The summed E-state index contributed by atoms with van der Waals surface area (Å²) in [5.41, 5.74) is 1.61. The van der Waals surface area contributed by atoms with Crippen LogP contribution in [0.2, 0.25) is 0 Å². The first-order valence-corrected chi connectivity index (χ1v) is 7.88.